The molecule has 0 fully saturated rings. The Kier molecular flexibility index (Phi) is 3.88. The maximum Gasteiger partial charge on any atom is 0.0761 e. The van der Waals surface area contributed by atoms with E-state index in [-0.39, 0.29) is 0 Å². The topological polar surface area (TPSA) is 12.4 Å². The van der Waals surface area contributed by atoms with Crippen LogP contribution in [0.3, 0.4) is 0 Å². The second-order valence-electron chi connectivity index (χ2n) is 2.29. The van der Waals surface area contributed by atoms with Gasteiger partial charge in [0.05, 0.1) is 5.69 Å². The molecular formula is C10H13NS. The van der Waals surface area contributed by atoms with E-state index in [0.29, 0.717) is 0 Å². The quantitative estimate of drug-likeness (QED) is 0.511. The molecule has 0 unspecified atom stereocenters. The summed E-state index contributed by atoms with van der Waals surface area (Å²) in [5, 5.41) is 0. The van der Waals surface area contributed by atoms with Crippen LogP contribution >= 0.6 is 11.8 Å². The first-order chi connectivity index (χ1) is 5.88. The summed E-state index contributed by atoms with van der Waals surface area (Å²) in [4.78, 5) is 5.54. The van der Waals surface area contributed by atoms with E-state index in [9.17, 15) is 0 Å². The van der Waals surface area contributed by atoms with Crippen LogP contribution in [-0.2, 0) is 0 Å². The lowest BCUT2D eigenvalue weighted by atomic mass is 10.3. The van der Waals surface area contributed by atoms with Gasteiger partial charge < -0.3 is 0 Å². The Hall–Kier alpha value is -0.760. The Morgan fingerprint density at radius 1 is 1.42 bits per heavy atom. The van der Waals surface area contributed by atoms with Crippen LogP contribution in [-0.4, -0.2) is 12.0 Å². The van der Waals surface area contributed by atoms with Crippen molar-refractivity contribution >= 4 is 23.7 Å². The summed E-state index contributed by atoms with van der Waals surface area (Å²) >= 11 is 1.83. The van der Waals surface area contributed by atoms with E-state index in [1.54, 1.807) is 0 Å². The molecule has 1 nitrogen and oxygen atoms in total. The lowest BCUT2D eigenvalue weighted by Gasteiger charge is -2.01. The number of benzene rings is 1. The standard InChI is InChI=1S/C10H13NS/c1-3-11-9-7-5-6-8-10(9)12-4-2/h3,5-8H,4H2,1-2H3. The molecule has 0 aromatic heterocycles. The van der Waals surface area contributed by atoms with E-state index in [0.717, 1.165) is 11.4 Å². The lowest BCUT2D eigenvalue weighted by Crippen LogP contribution is -1.74. The molecule has 0 aliphatic rings. The molecule has 0 aliphatic heterocycles. The highest BCUT2D eigenvalue weighted by Gasteiger charge is 1.96. The minimum atomic E-state index is 1.08. The van der Waals surface area contributed by atoms with Gasteiger partial charge in [-0.3, -0.25) is 4.99 Å². The molecule has 0 amide bonds. The summed E-state index contributed by atoms with van der Waals surface area (Å²) in [6, 6.07) is 8.21. The van der Waals surface area contributed by atoms with Crippen LogP contribution in [0.15, 0.2) is 34.2 Å². The molecule has 0 bridgehead atoms. The molecule has 0 spiro atoms. The van der Waals surface area contributed by atoms with Crippen molar-refractivity contribution in [1.29, 1.82) is 0 Å². The van der Waals surface area contributed by atoms with Gasteiger partial charge in [0.25, 0.3) is 0 Å². The molecule has 1 rings (SSSR count). The molecule has 1 aromatic carbocycles. The maximum atomic E-state index is 4.28. The van der Waals surface area contributed by atoms with Crippen molar-refractivity contribution in [1.82, 2.24) is 0 Å². The average molecular weight is 179 g/mol. The molecule has 0 heterocycles. The van der Waals surface area contributed by atoms with Gasteiger partial charge in [0, 0.05) is 11.1 Å². The summed E-state index contributed by atoms with van der Waals surface area (Å²) in [7, 11) is 0. The van der Waals surface area contributed by atoms with Crippen molar-refractivity contribution in [2.24, 2.45) is 4.99 Å². The first-order valence-electron chi connectivity index (χ1n) is 4.09. The van der Waals surface area contributed by atoms with Crippen LogP contribution in [0.5, 0.6) is 0 Å². The largest absolute Gasteiger partial charge is 0.260 e. The monoisotopic (exact) mass is 179 g/mol. The number of para-hydroxylation sites is 1. The fourth-order valence-electron chi connectivity index (χ4n) is 0.980. The summed E-state index contributed by atoms with van der Waals surface area (Å²) in [5.74, 6) is 1.09. The predicted octanol–water partition coefficient (Wildman–Crippen LogP) is 3.52. The van der Waals surface area contributed by atoms with Gasteiger partial charge in [-0.25, -0.2) is 0 Å². The number of hydrogen-bond acceptors (Lipinski definition) is 2. The Morgan fingerprint density at radius 2 is 2.17 bits per heavy atom. The first-order valence-corrected chi connectivity index (χ1v) is 5.07. The summed E-state index contributed by atoms with van der Waals surface area (Å²) in [6.07, 6.45) is 1.83. The highest BCUT2D eigenvalue weighted by molar-refractivity contribution is 7.99. The minimum Gasteiger partial charge on any atom is -0.260 e. The fourth-order valence-corrected chi connectivity index (χ4v) is 1.73. The third kappa shape index (κ3) is 2.38. The van der Waals surface area contributed by atoms with Crippen LogP contribution < -0.4 is 0 Å². The predicted molar refractivity (Wildman–Crippen MR) is 56.7 cm³/mol. The number of rotatable bonds is 3. The molecule has 0 N–H and O–H groups in total. The number of aliphatic imine (C=N–C) groups is 1. The van der Waals surface area contributed by atoms with E-state index >= 15 is 0 Å². The second-order valence-corrected chi connectivity index (χ2v) is 3.59. The summed E-state index contributed by atoms with van der Waals surface area (Å²) in [6.45, 7) is 4.09. The van der Waals surface area contributed by atoms with Crippen LogP contribution in [0.25, 0.3) is 0 Å². The van der Waals surface area contributed by atoms with Crippen molar-refractivity contribution in [2.75, 3.05) is 5.75 Å². The number of nitrogens with zero attached hydrogens (tertiary/aromatic N) is 1. The van der Waals surface area contributed by atoms with Crippen LogP contribution in [0.2, 0.25) is 0 Å². The Bertz CT molecular complexity index is 268. The van der Waals surface area contributed by atoms with E-state index < -0.39 is 0 Å². The highest BCUT2D eigenvalue weighted by atomic mass is 32.2. The Labute approximate surface area is 77.9 Å². The Balaban J connectivity index is 2.91. The molecule has 0 radical (unpaired) electrons. The van der Waals surface area contributed by atoms with E-state index in [4.69, 9.17) is 0 Å². The normalized spacial score (nSPS) is 10.8. The fraction of sp³-hybridized carbons (Fsp3) is 0.300. The van der Waals surface area contributed by atoms with Crippen molar-refractivity contribution in [3.8, 4) is 0 Å². The second kappa shape index (κ2) is 4.99. The molecule has 0 atom stereocenters. The summed E-state index contributed by atoms with van der Waals surface area (Å²) < 4.78 is 0. The minimum absolute atomic E-state index is 1.08. The maximum absolute atomic E-state index is 4.28. The van der Waals surface area contributed by atoms with Gasteiger partial charge in [-0.2, -0.15) is 0 Å². The van der Waals surface area contributed by atoms with Crippen LogP contribution in [0, 0.1) is 0 Å². The number of hydrogen-bond donors (Lipinski definition) is 0. The third-order valence-electron chi connectivity index (χ3n) is 1.43. The molecule has 0 saturated carbocycles. The van der Waals surface area contributed by atoms with E-state index in [1.807, 2.05) is 43.1 Å². The van der Waals surface area contributed by atoms with Gasteiger partial charge in [-0.05, 0) is 24.8 Å². The van der Waals surface area contributed by atoms with Crippen LogP contribution in [0.1, 0.15) is 13.8 Å². The zero-order chi connectivity index (χ0) is 8.81. The average Bonchev–Trinajstić information content (AvgIpc) is 2.09. The van der Waals surface area contributed by atoms with Gasteiger partial charge >= 0.3 is 0 Å². The molecule has 0 aliphatic carbocycles. The van der Waals surface area contributed by atoms with Gasteiger partial charge in [-0.15, -0.1) is 11.8 Å². The SMILES string of the molecule is CC=Nc1ccccc1SCC. The van der Waals surface area contributed by atoms with E-state index in [1.165, 1.54) is 4.90 Å². The molecule has 1 aromatic rings. The molecule has 64 valence electrons. The third-order valence-corrected chi connectivity index (χ3v) is 2.38. The lowest BCUT2D eigenvalue weighted by molar-refractivity contribution is 1.37. The van der Waals surface area contributed by atoms with Gasteiger partial charge in [0.1, 0.15) is 0 Å². The van der Waals surface area contributed by atoms with E-state index in [2.05, 4.69) is 18.0 Å². The van der Waals surface area contributed by atoms with Crippen molar-refractivity contribution < 1.29 is 0 Å². The molecule has 12 heavy (non-hydrogen) atoms. The van der Waals surface area contributed by atoms with Gasteiger partial charge in [0.15, 0.2) is 0 Å². The van der Waals surface area contributed by atoms with Gasteiger partial charge in [-0.1, -0.05) is 19.1 Å². The smallest absolute Gasteiger partial charge is 0.0761 e. The van der Waals surface area contributed by atoms with Crippen molar-refractivity contribution in [3.63, 3.8) is 0 Å². The number of thioether (sulfide) groups is 1. The molecular weight excluding hydrogens is 166 g/mol. The first kappa shape index (κ1) is 9.33. The zero-order valence-corrected chi connectivity index (χ0v) is 8.27. The molecule has 2 heteroatoms. The van der Waals surface area contributed by atoms with Crippen molar-refractivity contribution in [3.05, 3.63) is 24.3 Å². The van der Waals surface area contributed by atoms with Crippen molar-refractivity contribution in [2.45, 2.75) is 18.7 Å². The van der Waals surface area contributed by atoms with Crippen LogP contribution in [0.4, 0.5) is 5.69 Å². The zero-order valence-electron chi connectivity index (χ0n) is 7.45. The van der Waals surface area contributed by atoms with Gasteiger partial charge in [0.2, 0.25) is 0 Å². The highest BCUT2D eigenvalue weighted by Crippen LogP contribution is 2.28. The summed E-state index contributed by atoms with van der Waals surface area (Å²) in [5.41, 5.74) is 1.08. The Morgan fingerprint density at radius 3 is 2.83 bits per heavy atom. The molecule has 0 saturated heterocycles.